The van der Waals surface area contributed by atoms with Gasteiger partial charge in [0, 0.05) is 29.9 Å². The largest absolute Gasteiger partial charge is 0.508 e. The van der Waals surface area contributed by atoms with Gasteiger partial charge in [0.2, 0.25) is 0 Å². The van der Waals surface area contributed by atoms with Gasteiger partial charge >= 0.3 is 0 Å². The van der Waals surface area contributed by atoms with Crippen LogP contribution in [0.15, 0.2) is 54.6 Å². The second kappa shape index (κ2) is 10.2. The number of phenols is 1. The Morgan fingerprint density at radius 2 is 1.96 bits per heavy atom. The summed E-state index contributed by atoms with van der Waals surface area (Å²) in [5.74, 6) is 0.695. The number of hydrogen-bond acceptors (Lipinski definition) is 4. The van der Waals surface area contributed by atoms with Crippen LogP contribution in [0.2, 0.25) is 0 Å². The van der Waals surface area contributed by atoms with Crippen molar-refractivity contribution in [2.75, 3.05) is 19.0 Å². The van der Waals surface area contributed by atoms with Crippen molar-refractivity contribution in [3.8, 4) is 11.5 Å². The minimum Gasteiger partial charge on any atom is -0.508 e. The van der Waals surface area contributed by atoms with E-state index in [0.717, 1.165) is 23.2 Å². The number of nitrogens with one attached hydrogen (secondary N) is 1. The number of phenolic OH excluding ortho intramolecular Hbond substituents is 1. The van der Waals surface area contributed by atoms with Crippen LogP contribution in [0.25, 0.3) is 6.08 Å². The number of rotatable bonds is 9. The smallest absolute Gasteiger partial charge is 0.185 e. The third kappa shape index (κ3) is 5.74. The predicted octanol–water partition coefficient (Wildman–Crippen LogP) is 5.24. The first-order valence-electron chi connectivity index (χ1n) is 9.19. The average Bonchev–Trinajstić information content (AvgIpc) is 2.70. The monoisotopic (exact) mass is 365 g/mol. The van der Waals surface area contributed by atoms with Gasteiger partial charge in [0.05, 0.1) is 6.61 Å². The number of benzene rings is 2. The Bertz CT molecular complexity index is 820. The molecule has 0 radical (unpaired) electrons. The number of aromatic hydroxyl groups is 1. The Balaban J connectivity index is 2.29. The molecule has 2 aromatic carbocycles. The highest BCUT2D eigenvalue weighted by Gasteiger charge is 2.09. The molecule has 0 atom stereocenters. The lowest BCUT2D eigenvalue weighted by Gasteiger charge is -2.12. The minimum absolute atomic E-state index is 0.0813. The third-order valence-corrected chi connectivity index (χ3v) is 4.12. The Morgan fingerprint density at radius 1 is 1.22 bits per heavy atom. The Morgan fingerprint density at radius 3 is 2.59 bits per heavy atom. The molecule has 142 valence electrons. The maximum atomic E-state index is 12.5. The van der Waals surface area contributed by atoms with Gasteiger partial charge in [0.25, 0.3) is 0 Å². The Labute approximate surface area is 161 Å². The molecule has 0 aliphatic carbocycles. The number of carbonyl (C=O) groups excluding carboxylic acids is 1. The standard InChI is InChI=1S/C23H27NO3/c1-4-6-7-18-15-19(23(16-22(18)26)27-14-5-2)10-13-21(25)17-8-11-20(24-3)12-9-17/h4,6,8-13,15-16,24,26H,5,7,14H2,1-3H3/b6-4+,13-10+. The second-order valence-corrected chi connectivity index (χ2v) is 6.17. The molecule has 4 heteroatoms. The fraction of sp³-hybridized carbons (Fsp3) is 0.261. The molecule has 0 amide bonds. The molecular formula is C23H27NO3. The number of carbonyl (C=O) groups is 1. The lowest BCUT2D eigenvalue weighted by molar-refractivity contribution is 0.104. The van der Waals surface area contributed by atoms with Crippen LogP contribution in [0.1, 0.15) is 41.8 Å². The average molecular weight is 365 g/mol. The van der Waals surface area contributed by atoms with Crippen molar-refractivity contribution in [3.05, 3.63) is 71.3 Å². The summed E-state index contributed by atoms with van der Waals surface area (Å²) < 4.78 is 5.75. The number of ketones is 1. The van der Waals surface area contributed by atoms with Gasteiger partial charge in [-0.3, -0.25) is 4.79 Å². The first kappa shape index (κ1) is 20.3. The highest BCUT2D eigenvalue weighted by Crippen LogP contribution is 2.30. The van der Waals surface area contributed by atoms with Crippen LogP contribution < -0.4 is 10.1 Å². The maximum absolute atomic E-state index is 12.5. The highest BCUT2D eigenvalue weighted by molar-refractivity contribution is 6.07. The molecule has 2 aromatic rings. The third-order valence-electron chi connectivity index (χ3n) is 4.12. The molecular weight excluding hydrogens is 338 g/mol. The zero-order valence-electron chi connectivity index (χ0n) is 16.2. The van der Waals surface area contributed by atoms with Gasteiger partial charge in [-0.2, -0.15) is 0 Å². The molecule has 27 heavy (non-hydrogen) atoms. The second-order valence-electron chi connectivity index (χ2n) is 6.17. The lowest BCUT2D eigenvalue weighted by atomic mass is 10.0. The van der Waals surface area contributed by atoms with E-state index in [1.807, 2.05) is 51.2 Å². The molecule has 0 aliphatic heterocycles. The van der Waals surface area contributed by atoms with E-state index < -0.39 is 0 Å². The number of allylic oxidation sites excluding steroid dienone is 3. The predicted molar refractivity (Wildman–Crippen MR) is 112 cm³/mol. The van der Waals surface area contributed by atoms with Gasteiger partial charge < -0.3 is 15.2 Å². The number of anilines is 1. The van der Waals surface area contributed by atoms with Crippen molar-refractivity contribution < 1.29 is 14.6 Å². The normalized spacial score (nSPS) is 11.2. The summed E-state index contributed by atoms with van der Waals surface area (Å²) in [7, 11) is 1.84. The van der Waals surface area contributed by atoms with Crippen LogP contribution in [0.4, 0.5) is 5.69 Å². The van der Waals surface area contributed by atoms with Crippen molar-refractivity contribution in [2.45, 2.75) is 26.7 Å². The first-order valence-corrected chi connectivity index (χ1v) is 9.19. The summed E-state index contributed by atoms with van der Waals surface area (Å²) >= 11 is 0. The summed E-state index contributed by atoms with van der Waals surface area (Å²) in [5, 5.41) is 13.3. The molecule has 2 N–H and O–H groups in total. The first-order chi connectivity index (χ1) is 13.1. The SMILES string of the molecule is C/C=C/Cc1cc(/C=C/C(=O)c2ccc(NC)cc2)c(OCCC)cc1O. The number of ether oxygens (including phenoxy) is 1. The fourth-order valence-electron chi connectivity index (χ4n) is 2.57. The summed E-state index contributed by atoms with van der Waals surface area (Å²) in [5.41, 5.74) is 3.15. The Hall–Kier alpha value is -3.01. The van der Waals surface area contributed by atoms with Crippen molar-refractivity contribution in [3.63, 3.8) is 0 Å². The van der Waals surface area contributed by atoms with E-state index in [9.17, 15) is 9.90 Å². The summed E-state index contributed by atoms with van der Waals surface area (Å²) in [4.78, 5) is 12.5. The van der Waals surface area contributed by atoms with E-state index in [4.69, 9.17) is 4.74 Å². The highest BCUT2D eigenvalue weighted by atomic mass is 16.5. The Kier molecular flexibility index (Phi) is 7.68. The van der Waals surface area contributed by atoms with Crippen LogP contribution in [-0.2, 0) is 6.42 Å². The lowest BCUT2D eigenvalue weighted by Crippen LogP contribution is -1.99. The zero-order valence-corrected chi connectivity index (χ0v) is 16.2. The van der Waals surface area contributed by atoms with Crippen LogP contribution in [0.5, 0.6) is 11.5 Å². The van der Waals surface area contributed by atoms with Crippen LogP contribution in [0.3, 0.4) is 0 Å². The number of hydrogen-bond donors (Lipinski definition) is 2. The van der Waals surface area contributed by atoms with E-state index in [2.05, 4.69) is 5.32 Å². The van der Waals surface area contributed by atoms with Crippen molar-refractivity contribution in [1.29, 1.82) is 0 Å². The van der Waals surface area contributed by atoms with Gasteiger partial charge in [-0.15, -0.1) is 0 Å². The molecule has 0 bridgehead atoms. The van der Waals surface area contributed by atoms with E-state index in [-0.39, 0.29) is 11.5 Å². The summed E-state index contributed by atoms with van der Waals surface area (Å²) in [6.45, 7) is 4.51. The van der Waals surface area contributed by atoms with Crippen molar-refractivity contribution >= 4 is 17.5 Å². The molecule has 4 nitrogen and oxygen atoms in total. The van der Waals surface area contributed by atoms with Gasteiger partial charge in [-0.05, 0) is 67.8 Å². The molecule has 0 aromatic heterocycles. The van der Waals surface area contributed by atoms with Gasteiger partial charge in [0.15, 0.2) is 5.78 Å². The summed E-state index contributed by atoms with van der Waals surface area (Å²) in [6, 6.07) is 10.8. The van der Waals surface area contributed by atoms with Crippen molar-refractivity contribution in [1.82, 2.24) is 0 Å². The van der Waals surface area contributed by atoms with Crippen LogP contribution >= 0.6 is 0 Å². The van der Waals surface area contributed by atoms with E-state index in [1.165, 1.54) is 0 Å². The molecule has 0 saturated heterocycles. The topological polar surface area (TPSA) is 58.6 Å². The minimum atomic E-state index is -0.0813. The van der Waals surface area contributed by atoms with E-state index in [0.29, 0.717) is 24.3 Å². The summed E-state index contributed by atoms with van der Waals surface area (Å²) in [6.07, 6.45) is 8.69. The van der Waals surface area contributed by atoms with Gasteiger partial charge in [0.1, 0.15) is 11.5 Å². The quantitative estimate of drug-likeness (QED) is 0.363. The maximum Gasteiger partial charge on any atom is 0.185 e. The van der Waals surface area contributed by atoms with Gasteiger partial charge in [-0.25, -0.2) is 0 Å². The van der Waals surface area contributed by atoms with Crippen LogP contribution in [0, 0.1) is 0 Å². The van der Waals surface area contributed by atoms with E-state index in [1.54, 1.807) is 30.4 Å². The molecule has 0 fully saturated rings. The van der Waals surface area contributed by atoms with E-state index >= 15 is 0 Å². The van der Waals surface area contributed by atoms with Crippen molar-refractivity contribution in [2.24, 2.45) is 0 Å². The van der Waals surface area contributed by atoms with Crippen LogP contribution in [-0.4, -0.2) is 24.5 Å². The molecule has 0 unspecified atom stereocenters. The molecule has 0 spiro atoms. The van der Waals surface area contributed by atoms with Gasteiger partial charge in [-0.1, -0.05) is 19.1 Å². The molecule has 0 aliphatic rings. The molecule has 0 saturated carbocycles. The fourth-order valence-corrected chi connectivity index (χ4v) is 2.57. The zero-order chi connectivity index (χ0) is 19.6. The molecule has 2 rings (SSSR count). The molecule has 0 heterocycles.